The number of rotatable bonds is 7. The van der Waals surface area contributed by atoms with E-state index in [1.54, 1.807) is 30.3 Å². The standard InChI is InChI=1S/C23H18Br2FO6P/c1-23(29,33-30)14-10-17(24)21(18(25)11-14)32-15-4-6-20(27)13(9-15)7-12-3-5-16(19(26)8-12)22(28)31-2/h3-6,8-11,27,29H,7H2,1-2H3/p+1. The topological polar surface area (TPSA) is 93.1 Å². The van der Waals surface area contributed by atoms with E-state index in [9.17, 15) is 24.0 Å². The van der Waals surface area contributed by atoms with Crippen LogP contribution in [0.4, 0.5) is 4.39 Å². The van der Waals surface area contributed by atoms with E-state index >= 15 is 0 Å². The van der Waals surface area contributed by atoms with Crippen molar-refractivity contribution in [1.29, 1.82) is 0 Å². The van der Waals surface area contributed by atoms with Crippen molar-refractivity contribution in [2.45, 2.75) is 18.7 Å². The van der Waals surface area contributed by atoms with Crippen LogP contribution in [0.3, 0.4) is 0 Å². The minimum atomic E-state index is -1.51. The molecule has 6 nitrogen and oxygen atoms in total. The molecule has 2 N–H and O–H groups in total. The second kappa shape index (κ2) is 10.3. The summed E-state index contributed by atoms with van der Waals surface area (Å²) < 4.78 is 37.1. The molecule has 0 aliphatic carbocycles. The molecule has 3 aromatic carbocycles. The molecule has 172 valence electrons. The summed E-state index contributed by atoms with van der Waals surface area (Å²) in [5.74, 6) is -0.666. The lowest BCUT2D eigenvalue weighted by atomic mass is 10.0. The molecule has 2 unspecified atom stereocenters. The van der Waals surface area contributed by atoms with Gasteiger partial charge in [0.1, 0.15) is 17.3 Å². The first-order valence-corrected chi connectivity index (χ1v) is 12.0. The third-order valence-corrected chi connectivity index (χ3v) is 6.73. The summed E-state index contributed by atoms with van der Waals surface area (Å²) in [6, 6.07) is 12.0. The van der Waals surface area contributed by atoms with E-state index < -0.39 is 25.6 Å². The van der Waals surface area contributed by atoms with Gasteiger partial charge in [0.05, 0.1) is 21.6 Å². The van der Waals surface area contributed by atoms with E-state index in [0.717, 1.165) is 0 Å². The highest BCUT2D eigenvalue weighted by atomic mass is 79.9. The van der Waals surface area contributed by atoms with E-state index in [1.165, 1.54) is 32.2 Å². The lowest BCUT2D eigenvalue weighted by Gasteiger charge is -2.15. The predicted octanol–water partition coefficient (Wildman–Crippen LogP) is 6.42. The Hall–Kier alpha value is -2.32. The number of aromatic hydroxyl groups is 1. The summed E-state index contributed by atoms with van der Waals surface area (Å²) in [7, 11) is 0.224. The van der Waals surface area contributed by atoms with Crippen LogP contribution in [0.5, 0.6) is 17.2 Å². The van der Waals surface area contributed by atoms with E-state index in [1.807, 2.05) is 0 Å². The highest BCUT2D eigenvalue weighted by Crippen LogP contribution is 2.43. The minimum absolute atomic E-state index is 0.000710. The van der Waals surface area contributed by atoms with Crippen molar-refractivity contribution in [3.8, 4) is 17.2 Å². The number of carbonyl (C=O) groups excluding carboxylic acids is 1. The third-order valence-electron chi connectivity index (χ3n) is 4.86. The van der Waals surface area contributed by atoms with E-state index in [2.05, 4.69) is 36.6 Å². The smallest absolute Gasteiger partial charge is 0.364 e. The molecule has 0 aliphatic heterocycles. The molecule has 0 radical (unpaired) electrons. The second-order valence-corrected chi connectivity index (χ2v) is 10.2. The number of aliphatic hydroxyl groups is 1. The molecule has 33 heavy (non-hydrogen) atoms. The highest BCUT2D eigenvalue weighted by molar-refractivity contribution is 9.11. The summed E-state index contributed by atoms with van der Waals surface area (Å²) in [4.78, 5) is 11.6. The molecular formula is C23H19Br2FO6P+. The molecule has 0 bridgehead atoms. The SMILES string of the molecule is COC(=O)c1ccc(Cc2cc(Oc3c(Br)cc(C(C)(O)[PH+]=O)cc3Br)ccc2O)cc1F. The van der Waals surface area contributed by atoms with Gasteiger partial charge in [0.2, 0.25) is 0 Å². The number of benzene rings is 3. The first-order valence-electron chi connectivity index (χ1n) is 9.53. The quantitative estimate of drug-likeness (QED) is 0.240. The zero-order valence-electron chi connectivity index (χ0n) is 17.5. The summed E-state index contributed by atoms with van der Waals surface area (Å²) in [6.45, 7) is 1.44. The van der Waals surface area contributed by atoms with Gasteiger partial charge in [-0.05, 0) is 79.9 Å². The number of phenolic OH excluding ortho intramolecular Hbond substituents is 1. The fourth-order valence-corrected chi connectivity index (χ4v) is 4.66. The molecule has 0 heterocycles. The zero-order chi connectivity index (χ0) is 24.3. The van der Waals surface area contributed by atoms with Crippen molar-refractivity contribution in [2.24, 2.45) is 0 Å². The van der Waals surface area contributed by atoms with Crippen molar-refractivity contribution in [3.63, 3.8) is 0 Å². The van der Waals surface area contributed by atoms with Gasteiger partial charge >= 0.3 is 14.4 Å². The first kappa shape index (κ1) is 25.3. The number of ether oxygens (including phenoxy) is 2. The van der Waals surface area contributed by atoms with Crippen molar-refractivity contribution < 1.29 is 33.4 Å². The van der Waals surface area contributed by atoms with Gasteiger partial charge in [-0.1, -0.05) is 10.6 Å². The molecule has 0 aliphatic rings. The minimum Gasteiger partial charge on any atom is -0.508 e. The predicted molar refractivity (Wildman–Crippen MR) is 129 cm³/mol. The van der Waals surface area contributed by atoms with Crippen LogP contribution in [0.15, 0.2) is 57.5 Å². The van der Waals surface area contributed by atoms with Crippen molar-refractivity contribution in [2.75, 3.05) is 7.11 Å². The van der Waals surface area contributed by atoms with Gasteiger partial charge in [-0.25, -0.2) is 9.18 Å². The van der Waals surface area contributed by atoms with Gasteiger partial charge in [-0.2, -0.15) is 0 Å². The average molecular weight is 601 g/mol. The number of methoxy groups -OCH3 is 1. The maximum absolute atomic E-state index is 14.3. The van der Waals surface area contributed by atoms with Gasteiger partial charge in [0, 0.05) is 24.5 Å². The number of esters is 1. The molecule has 0 aromatic heterocycles. The van der Waals surface area contributed by atoms with Gasteiger partial charge in [-0.15, -0.1) is 0 Å². The summed E-state index contributed by atoms with van der Waals surface area (Å²) in [5.41, 5.74) is 1.29. The Morgan fingerprint density at radius 1 is 1.12 bits per heavy atom. The first-order chi connectivity index (χ1) is 15.6. The van der Waals surface area contributed by atoms with Gasteiger partial charge in [-0.3, -0.25) is 0 Å². The fraction of sp³-hybridized carbons (Fsp3) is 0.174. The molecule has 10 heteroatoms. The molecular weight excluding hydrogens is 582 g/mol. The molecule has 3 aromatic rings. The van der Waals surface area contributed by atoms with Gasteiger partial charge in [0.25, 0.3) is 5.34 Å². The van der Waals surface area contributed by atoms with Crippen LogP contribution in [0.1, 0.15) is 34.0 Å². The van der Waals surface area contributed by atoms with Crippen LogP contribution in [0, 0.1) is 5.82 Å². The van der Waals surface area contributed by atoms with E-state index in [4.69, 9.17) is 4.74 Å². The van der Waals surface area contributed by atoms with Crippen LogP contribution >= 0.6 is 40.3 Å². The molecule has 3 rings (SSSR count). The second-order valence-electron chi connectivity index (χ2n) is 7.32. The highest BCUT2D eigenvalue weighted by Gasteiger charge is 2.33. The maximum Gasteiger partial charge on any atom is 0.364 e. The van der Waals surface area contributed by atoms with E-state index in [-0.39, 0.29) is 17.7 Å². The van der Waals surface area contributed by atoms with Crippen LogP contribution in [-0.2, 0) is 21.1 Å². The van der Waals surface area contributed by atoms with Crippen molar-refractivity contribution in [3.05, 3.63) is 85.5 Å². The Bertz CT molecular complexity index is 1210. The zero-order valence-corrected chi connectivity index (χ0v) is 21.7. The maximum atomic E-state index is 14.3. The molecule has 0 fully saturated rings. The van der Waals surface area contributed by atoms with Gasteiger partial charge in [0.15, 0.2) is 5.75 Å². The fourth-order valence-electron chi connectivity index (χ4n) is 3.05. The Balaban J connectivity index is 1.88. The molecule has 0 saturated carbocycles. The largest absolute Gasteiger partial charge is 0.508 e. The van der Waals surface area contributed by atoms with Crippen LogP contribution < -0.4 is 4.74 Å². The molecule has 0 spiro atoms. The number of carbonyl (C=O) groups is 1. The average Bonchev–Trinajstić information content (AvgIpc) is 2.77. The lowest BCUT2D eigenvalue weighted by molar-refractivity contribution is 0.0595. The molecule has 2 atom stereocenters. The van der Waals surface area contributed by atoms with Crippen LogP contribution in [-0.4, -0.2) is 23.3 Å². The number of halogens is 3. The monoisotopic (exact) mass is 599 g/mol. The number of phenols is 1. The number of hydrogen-bond acceptors (Lipinski definition) is 6. The Kier molecular flexibility index (Phi) is 7.90. The van der Waals surface area contributed by atoms with E-state index in [0.29, 0.717) is 37.1 Å². The Labute approximate surface area is 207 Å². The Morgan fingerprint density at radius 3 is 2.36 bits per heavy atom. The van der Waals surface area contributed by atoms with Crippen LogP contribution in [0.25, 0.3) is 0 Å². The Morgan fingerprint density at radius 2 is 1.79 bits per heavy atom. The lowest BCUT2D eigenvalue weighted by Crippen LogP contribution is -2.12. The summed E-state index contributed by atoms with van der Waals surface area (Å²) in [6.07, 6.45) is 0.190. The summed E-state index contributed by atoms with van der Waals surface area (Å²) >= 11 is 6.80. The number of hydrogen-bond donors (Lipinski definition) is 2. The third kappa shape index (κ3) is 5.79. The van der Waals surface area contributed by atoms with Crippen molar-refractivity contribution in [1.82, 2.24) is 0 Å². The molecule has 0 saturated heterocycles. The normalized spacial score (nSPS) is 12.9. The summed E-state index contributed by atoms with van der Waals surface area (Å²) in [5, 5.41) is 19.0. The van der Waals surface area contributed by atoms with Gasteiger partial charge < -0.3 is 19.7 Å². The molecule has 0 amide bonds. The van der Waals surface area contributed by atoms with Crippen LogP contribution in [0.2, 0.25) is 0 Å². The van der Waals surface area contributed by atoms with Crippen molar-refractivity contribution >= 4 is 46.3 Å².